The zero-order valence-corrected chi connectivity index (χ0v) is 18.5. The summed E-state index contributed by atoms with van der Waals surface area (Å²) in [6, 6.07) is 15.4. The normalized spacial score (nSPS) is 11.1. The Morgan fingerprint density at radius 3 is 2.44 bits per heavy atom. The predicted molar refractivity (Wildman–Crippen MR) is 124 cm³/mol. The van der Waals surface area contributed by atoms with Crippen molar-refractivity contribution in [3.8, 4) is 11.5 Å². The standard InChI is InChI=1S/C26H26N2O4/c1-18-4-7-24-23(12-18)26(29)21(17-32-24)16-28(14-19-8-10-27-11-9-19)15-20-5-6-22(30-2)13-25(20)31-3/h4-13,17H,14-16H2,1-3H3. The van der Waals surface area contributed by atoms with Crippen LogP contribution in [-0.2, 0) is 19.6 Å². The summed E-state index contributed by atoms with van der Waals surface area (Å²) in [6.45, 7) is 3.63. The third kappa shape index (κ3) is 4.81. The van der Waals surface area contributed by atoms with Crippen molar-refractivity contribution in [3.05, 3.63) is 99.7 Å². The first-order valence-corrected chi connectivity index (χ1v) is 10.4. The molecule has 0 atom stereocenters. The van der Waals surface area contributed by atoms with Crippen LogP contribution in [0.5, 0.6) is 11.5 Å². The van der Waals surface area contributed by atoms with Crippen molar-refractivity contribution in [3.63, 3.8) is 0 Å². The lowest BCUT2D eigenvalue weighted by atomic mass is 10.1. The van der Waals surface area contributed by atoms with E-state index in [9.17, 15) is 4.79 Å². The maximum absolute atomic E-state index is 13.2. The van der Waals surface area contributed by atoms with Crippen molar-refractivity contribution in [2.24, 2.45) is 0 Å². The van der Waals surface area contributed by atoms with E-state index in [2.05, 4.69) is 9.88 Å². The van der Waals surface area contributed by atoms with Crippen LogP contribution in [0.2, 0.25) is 0 Å². The lowest BCUT2D eigenvalue weighted by Crippen LogP contribution is -2.26. The molecule has 2 heterocycles. The number of aromatic nitrogens is 1. The maximum Gasteiger partial charge on any atom is 0.197 e. The van der Waals surface area contributed by atoms with Crippen molar-refractivity contribution < 1.29 is 13.9 Å². The quantitative estimate of drug-likeness (QED) is 0.403. The molecule has 164 valence electrons. The Morgan fingerprint density at radius 2 is 1.69 bits per heavy atom. The number of ether oxygens (including phenoxy) is 2. The molecule has 0 radical (unpaired) electrons. The van der Waals surface area contributed by atoms with Gasteiger partial charge in [-0.3, -0.25) is 14.7 Å². The molecule has 2 aromatic carbocycles. The SMILES string of the molecule is COc1ccc(CN(Cc2ccncc2)Cc2coc3ccc(C)cc3c2=O)c(OC)c1. The summed E-state index contributed by atoms with van der Waals surface area (Å²) in [6.07, 6.45) is 5.12. The second kappa shape index (κ2) is 9.66. The van der Waals surface area contributed by atoms with Gasteiger partial charge in [-0.2, -0.15) is 0 Å². The van der Waals surface area contributed by atoms with Gasteiger partial charge in [0.05, 0.1) is 25.9 Å². The molecule has 0 fully saturated rings. The van der Waals surface area contributed by atoms with Crippen LogP contribution in [0.25, 0.3) is 11.0 Å². The van der Waals surface area contributed by atoms with Gasteiger partial charge >= 0.3 is 0 Å². The Labute approximate surface area is 187 Å². The van der Waals surface area contributed by atoms with Gasteiger partial charge in [0, 0.05) is 49.2 Å². The second-order valence-corrected chi connectivity index (χ2v) is 7.77. The molecule has 4 aromatic rings. The predicted octanol–water partition coefficient (Wildman–Crippen LogP) is 4.72. The van der Waals surface area contributed by atoms with Crippen LogP contribution < -0.4 is 14.9 Å². The van der Waals surface area contributed by atoms with E-state index >= 15 is 0 Å². The van der Waals surface area contributed by atoms with Gasteiger partial charge in [0.15, 0.2) is 5.43 Å². The molecular weight excluding hydrogens is 404 g/mol. The highest BCUT2D eigenvalue weighted by atomic mass is 16.5. The zero-order valence-electron chi connectivity index (χ0n) is 18.5. The van der Waals surface area contributed by atoms with E-state index in [0.717, 1.165) is 28.2 Å². The van der Waals surface area contributed by atoms with Crippen LogP contribution in [0, 0.1) is 6.92 Å². The van der Waals surface area contributed by atoms with Crippen LogP contribution in [0.15, 0.2) is 76.4 Å². The Kier molecular flexibility index (Phi) is 6.52. The molecular formula is C26H26N2O4. The van der Waals surface area contributed by atoms with Crippen LogP contribution in [0.3, 0.4) is 0 Å². The first kappa shape index (κ1) is 21.6. The third-order valence-electron chi connectivity index (χ3n) is 5.44. The van der Waals surface area contributed by atoms with Gasteiger partial charge in [-0.05, 0) is 42.8 Å². The Balaban J connectivity index is 1.68. The van der Waals surface area contributed by atoms with Gasteiger partial charge in [-0.1, -0.05) is 17.7 Å². The molecule has 0 aliphatic heterocycles. The fourth-order valence-corrected chi connectivity index (χ4v) is 3.77. The molecule has 0 saturated carbocycles. The molecule has 0 bridgehead atoms. The van der Waals surface area contributed by atoms with Gasteiger partial charge in [-0.15, -0.1) is 0 Å². The number of benzene rings is 2. The molecule has 0 spiro atoms. The molecule has 6 nitrogen and oxygen atoms in total. The average molecular weight is 431 g/mol. The van der Waals surface area contributed by atoms with Crippen molar-refractivity contribution in [2.75, 3.05) is 14.2 Å². The molecule has 4 rings (SSSR count). The minimum absolute atomic E-state index is 0.00336. The number of methoxy groups -OCH3 is 2. The molecule has 0 aliphatic rings. The Hall–Kier alpha value is -3.64. The lowest BCUT2D eigenvalue weighted by molar-refractivity contribution is 0.241. The third-order valence-corrected chi connectivity index (χ3v) is 5.44. The van der Waals surface area contributed by atoms with Gasteiger partial charge < -0.3 is 13.9 Å². The molecule has 0 unspecified atom stereocenters. The second-order valence-electron chi connectivity index (χ2n) is 7.77. The van der Waals surface area contributed by atoms with Gasteiger partial charge in [0.1, 0.15) is 17.1 Å². The topological polar surface area (TPSA) is 64.8 Å². The minimum atomic E-state index is -0.00336. The van der Waals surface area contributed by atoms with Crippen molar-refractivity contribution >= 4 is 11.0 Å². The van der Waals surface area contributed by atoms with E-state index in [-0.39, 0.29) is 5.43 Å². The molecule has 32 heavy (non-hydrogen) atoms. The highest BCUT2D eigenvalue weighted by Gasteiger charge is 2.16. The summed E-state index contributed by atoms with van der Waals surface area (Å²) in [5.74, 6) is 1.47. The number of rotatable bonds is 8. The smallest absolute Gasteiger partial charge is 0.197 e. The fourth-order valence-electron chi connectivity index (χ4n) is 3.77. The van der Waals surface area contributed by atoms with E-state index < -0.39 is 0 Å². The number of aryl methyl sites for hydroxylation is 1. The summed E-state index contributed by atoms with van der Waals surface area (Å²) in [4.78, 5) is 19.5. The summed E-state index contributed by atoms with van der Waals surface area (Å²) < 4.78 is 16.7. The van der Waals surface area contributed by atoms with Gasteiger partial charge in [0.25, 0.3) is 0 Å². The number of hydrogen-bond donors (Lipinski definition) is 0. The van der Waals surface area contributed by atoms with Crippen molar-refractivity contribution in [1.82, 2.24) is 9.88 Å². The first-order valence-electron chi connectivity index (χ1n) is 10.4. The monoisotopic (exact) mass is 430 g/mol. The summed E-state index contributed by atoms with van der Waals surface area (Å²) in [7, 11) is 3.27. The first-order chi connectivity index (χ1) is 15.6. The molecule has 2 aromatic heterocycles. The van der Waals surface area contributed by atoms with Crippen molar-refractivity contribution in [1.29, 1.82) is 0 Å². The highest BCUT2D eigenvalue weighted by molar-refractivity contribution is 5.77. The van der Waals surface area contributed by atoms with Crippen LogP contribution >= 0.6 is 0 Å². The van der Waals surface area contributed by atoms with Crippen LogP contribution in [0.4, 0.5) is 0 Å². The Bertz CT molecular complexity index is 1270. The van der Waals surface area contributed by atoms with Gasteiger partial charge in [0.2, 0.25) is 0 Å². The fraction of sp³-hybridized carbons (Fsp3) is 0.231. The zero-order chi connectivity index (χ0) is 22.5. The molecule has 0 saturated heterocycles. The maximum atomic E-state index is 13.2. The Morgan fingerprint density at radius 1 is 0.906 bits per heavy atom. The summed E-state index contributed by atoms with van der Waals surface area (Å²) >= 11 is 0. The van der Waals surface area contributed by atoms with Crippen LogP contribution in [0.1, 0.15) is 22.3 Å². The van der Waals surface area contributed by atoms with E-state index in [4.69, 9.17) is 13.9 Å². The number of pyridine rings is 1. The largest absolute Gasteiger partial charge is 0.497 e. The van der Waals surface area contributed by atoms with Crippen molar-refractivity contribution in [2.45, 2.75) is 26.6 Å². The summed E-state index contributed by atoms with van der Waals surface area (Å²) in [5.41, 5.74) is 4.35. The van der Waals surface area contributed by atoms with E-state index in [1.54, 1.807) is 32.9 Å². The van der Waals surface area contributed by atoms with Gasteiger partial charge in [-0.25, -0.2) is 0 Å². The molecule has 6 heteroatoms. The van der Waals surface area contributed by atoms with E-state index in [0.29, 0.717) is 36.2 Å². The minimum Gasteiger partial charge on any atom is -0.497 e. The molecule has 0 amide bonds. The average Bonchev–Trinajstić information content (AvgIpc) is 2.82. The summed E-state index contributed by atoms with van der Waals surface area (Å²) in [5, 5.41) is 0.605. The number of nitrogens with zero attached hydrogens (tertiary/aromatic N) is 2. The van der Waals surface area contributed by atoms with E-state index in [1.807, 2.05) is 55.5 Å². The number of fused-ring (bicyclic) bond motifs is 1. The molecule has 0 N–H and O–H groups in total. The number of hydrogen-bond acceptors (Lipinski definition) is 6. The molecule has 0 aliphatic carbocycles. The highest BCUT2D eigenvalue weighted by Crippen LogP contribution is 2.27. The van der Waals surface area contributed by atoms with Crippen LogP contribution in [-0.4, -0.2) is 24.1 Å². The lowest BCUT2D eigenvalue weighted by Gasteiger charge is -2.23. The van der Waals surface area contributed by atoms with E-state index in [1.165, 1.54) is 0 Å².